The lowest BCUT2D eigenvalue weighted by atomic mass is 9.80. The van der Waals surface area contributed by atoms with Crippen LogP contribution in [-0.4, -0.2) is 30.3 Å². The van der Waals surface area contributed by atoms with E-state index in [1.165, 1.54) is 6.42 Å². The lowest BCUT2D eigenvalue weighted by Crippen LogP contribution is -2.38. The highest BCUT2D eigenvalue weighted by atomic mass is 16.4. The van der Waals surface area contributed by atoms with E-state index in [9.17, 15) is 0 Å². The van der Waals surface area contributed by atoms with E-state index in [-0.39, 0.29) is 0 Å². The van der Waals surface area contributed by atoms with E-state index < -0.39 is 7.12 Å². The van der Waals surface area contributed by atoms with Crippen molar-refractivity contribution in [2.75, 3.05) is 18.0 Å². The van der Waals surface area contributed by atoms with Crippen LogP contribution in [0, 0.1) is 0 Å². The summed E-state index contributed by atoms with van der Waals surface area (Å²) in [6.45, 7) is 2.15. The Balaban J connectivity index is 2.21. The highest BCUT2D eigenvalue weighted by Gasteiger charge is 2.17. The molecule has 4 heteroatoms. The Hall–Kier alpha value is -0.995. The molecule has 0 unspecified atom stereocenters. The zero-order chi connectivity index (χ0) is 9.26. The average Bonchev–Trinajstić information content (AvgIpc) is 2.01. The summed E-state index contributed by atoms with van der Waals surface area (Å²) < 4.78 is 0. The summed E-state index contributed by atoms with van der Waals surface area (Å²) in [7, 11) is -1.36. The number of anilines is 1. The Morgan fingerprint density at radius 1 is 1.23 bits per heavy atom. The van der Waals surface area contributed by atoms with Crippen LogP contribution in [-0.2, 0) is 0 Å². The molecule has 1 heterocycles. The number of hydrogen-bond acceptors (Lipinski definition) is 3. The van der Waals surface area contributed by atoms with Crippen LogP contribution in [0.3, 0.4) is 0 Å². The Bertz CT molecular complexity index is 299. The Morgan fingerprint density at radius 3 is 2.54 bits per heavy atom. The van der Waals surface area contributed by atoms with Crippen molar-refractivity contribution < 1.29 is 10.0 Å². The van der Waals surface area contributed by atoms with Gasteiger partial charge in [0, 0.05) is 18.8 Å². The van der Waals surface area contributed by atoms with Gasteiger partial charge in [-0.25, -0.2) is 0 Å². The van der Waals surface area contributed by atoms with Crippen LogP contribution in [0.5, 0.6) is 0 Å². The molecule has 2 rings (SSSR count). The molecular weight excluding hydrogens is 165 g/mol. The molecule has 13 heavy (non-hydrogen) atoms. The van der Waals surface area contributed by atoms with Crippen molar-refractivity contribution in [2.45, 2.75) is 6.42 Å². The van der Waals surface area contributed by atoms with Gasteiger partial charge in [-0.3, -0.25) is 0 Å². The highest BCUT2D eigenvalue weighted by Crippen LogP contribution is 2.18. The molecule has 0 saturated carbocycles. The number of nitrogens with zero attached hydrogens (tertiary/aromatic N) is 1. The topological polar surface area (TPSA) is 43.7 Å². The van der Waals surface area contributed by atoms with Gasteiger partial charge in [-0.15, -0.1) is 0 Å². The third kappa shape index (κ3) is 1.69. The van der Waals surface area contributed by atoms with Gasteiger partial charge in [0.15, 0.2) is 0 Å². The molecule has 1 aliphatic heterocycles. The summed E-state index contributed by atoms with van der Waals surface area (Å²) in [5.41, 5.74) is 1.64. The summed E-state index contributed by atoms with van der Waals surface area (Å²) in [6, 6.07) is 7.38. The van der Waals surface area contributed by atoms with Gasteiger partial charge in [0.25, 0.3) is 0 Å². The minimum Gasteiger partial charge on any atom is -0.423 e. The Morgan fingerprint density at radius 2 is 2.00 bits per heavy atom. The van der Waals surface area contributed by atoms with Crippen molar-refractivity contribution >= 4 is 18.3 Å². The van der Waals surface area contributed by atoms with Crippen molar-refractivity contribution in [3.05, 3.63) is 24.3 Å². The molecule has 0 radical (unpaired) electrons. The second-order valence-electron chi connectivity index (χ2n) is 3.31. The molecule has 0 aromatic heterocycles. The van der Waals surface area contributed by atoms with E-state index in [0.717, 1.165) is 18.8 Å². The van der Waals surface area contributed by atoms with Crippen molar-refractivity contribution in [1.29, 1.82) is 0 Å². The molecule has 2 N–H and O–H groups in total. The molecule has 0 bridgehead atoms. The largest absolute Gasteiger partial charge is 0.488 e. The van der Waals surface area contributed by atoms with Gasteiger partial charge < -0.3 is 14.9 Å². The molecule has 1 aromatic carbocycles. The second kappa shape index (κ2) is 3.40. The summed E-state index contributed by atoms with van der Waals surface area (Å²) in [6.07, 6.45) is 1.23. The normalized spacial score (nSPS) is 15.4. The first-order chi connectivity index (χ1) is 6.27. The third-order valence-electron chi connectivity index (χ3n) is 2.39. The predicted octanol–water partition coefficient (Wildman–Crippen LogP) is -0.424. The predicted molar refractivity (Wildman–Crippen MR) is 53.1 cm³/mol. The van der Waals surface area contributed by atoms with Crippen LogP contribution < -0.4 is 10.4 Å². The van der Waals surface area contributed by atoms with E-state index >= 15 is 0 Å². The van der Waals surface area contributed by atoms with Crippen molar-refractivity contribution in [3.8, 4) is 0 Å². The maximum atomic E-state index is 8.96. The van der Waals surface area contributed by atoms with Crippen LogP contribution >= 0.6 is 0 Å². The molecule has 0 atom stereocenters. The maximum Gasteiger partial charge on any atom is 0.488 e. The Labute approximate surface area is 77.8 Å². The molecular formula is C9H12BNO2. The van der Waals surface area contributed by atoms with Crippen molar-refractivity contribution in [2.24, 2.45) is 0 Å². The Kier molecular flexibility index (Phi) is 2.25. The quantitative estimate of drug-likeness (QED) is 0.602. The van der Waals surface area contributed by atoms with Gasteiger partial charge >= 0.3 is 7.12 Å². The fourth-order valence-corrected chi connectivity index (χ4v) is 1.46. The smallest absolute Gasteiger partial charge is 0.423 e. The standard InChI is InChI=1S/C9H12BNO2/c12-10(13)8-3-1-4-9(7-8)11-5-2-6-11/h1,3-4,7,12-13H,2,5-6H2. The molecule has 68 valence electrons. The van der Waals surface area contributed by atoms with E-state index in [1.807, 2.05) is 18.2 Å². The van der Waals surface area contributed by atoms with Crippen LogP contribution in [0.15, 0.2) is 24.3 Å². The highest BCUT2D eigenvalue weighted by molar-refractivity contribution is 6.58. The number of benzene rings is 1. The van der Waals surface area contributed by atoms with Crippen molar-refractivity contribution in [3.63, 3.8) is 0 Å². The van der Waals surface area contributed by atoms with Crippen LogP contribution in [0.1, 0.15) is 6.42 Å². The molecule has 0 amide bonds. The maximum absolute atomic E-state index is 8.96. The zero-order valence-corrected chi connectivity index (χ0v) is 7.35. The molecule has 1 saturated heterocycles. The molecule has 0 spiro atoms. The number of hydrogen-bond donors (Lipinski definition) is 2. The van der Waals surface area contributed by atoms with Crippen LogP contribution in [0.4, 0.5) is 5.69 Å². The lowest BCUT2D eigenvalue weighted by Gasteiger charge is -2.33. The van der Waals surface area contributed by atoms with E-state index in [4.69, 9.17) is 10.0 Å². The van der Waals surface area contributed by atoms with Gasteiger partial charge in [-0.2, -0.15) is 0 Å². The zero-order valence-electron chi connectivity index (χ0n) is 7.35. The second-order valence-corrected chi connectivity index (χ2v) is 3.31. The molecule has 1 fully saturated rings. The lowest BCUT2D eigenvalue weighted by molar-refractivity contribution is 0.426. The van der Waals surface area contributed by atoms with Crippen LogP contribution in [0.2, 0.25) is 0 Å². The van der Waals surface area contributed by atoms with Gasteiger partial charge in [-0.1, -0.05) is 12.1 Å². The summed E-state index contributed by atoms with van der Waals surface area (Å²) >= 11 is 0. The molecule has 1 aromatic rings. The SMILES string of the molecule is OB(O)c1cccc(N2CCC2)c1. The summed E-state index contributed by atoms with van der Waals surface area (Å²) in [5, 5.41) is 17.9. The fraction of sp³-hybridized carbons (Fsp3) is 0.333. The average molecular weight is 177 g/mol. The minimum atomic E-state index is -1.36. The van der Waals surface area contributed by atoms with E-state index in [1.54, 1.807) is 6.07 Å². The van der Waals surface area contributed by atoms with Crippen LogP contribution in [0.25, 0.3) is 0 Å². The monoisotopic (exact) mass is 177 g/mol. The van der Waals surface area contributed by atoms with Crippen molar-refractivity contribution in [1.82, 2.24) is 0 Å². The summed E-state index contributed by atoms with van der Waals surface area (Å²) in [5.74, 6) is 0. The van der Waals surface area contributed by atoms with Gasteiger partial charge in [0.2, 0.25) is 0 Å². The van der Waals surface area contributed by atoms with Gasteiger partial charge in [-0.05, 0) is 24.0 Å². The van der Waals surface area contributed by atoms with Gasteiger partial charge in [0.05, 0.1) is 0 Å². The number of rotatable bonds is 2. The summed E-state index contributed by atoms with van der Waals surface area (Å²) in [4.78, 5) is 2.21. The van der Waals surface area contributed by atoms with Gasteiger partial charge in [0.1, 0.15) is 0 Å². The first-order valence-corrected chi connectivity index (χ1v) is 4.48. The fourth-order valence-electron chi connectivity index (χ4n) is 1.46. The first kappa shape index (κ1) is 8.60. The molecule has 1 aliphatic rings. The third-order valence-corrected chi connectivity index (χ3v) is 2.39. The van der Waals surface area contributed by atoms with E-state index in [0.29, 0.717) is 5.46 Å². The molecule has 0 aliphatic carbocycles. The first-order valence-electron chi connectivity index (χ1n) is 4.48. The van der Waals surface area contributed by atoms with E-state index in [2.05, 4.69) is 4.90 Å². The minimum absolute atomic E-state index is 0.560. The molecule has 3 nitrogen and oxygen atoms in total.